The lowest BCUT2D eigenvalue weighted by molar-refractivity contribution is -0.150. The molecule has 1 aromatic rings. The van der Waals surface area contributed by atoms with Crippen molar-refractivity contribution in [1.29, 1.82) is 0 Å². The van der Waals surface area contributed by atoms with Gasteiger partial charge in [0.1, 0.15) is 6.61 Å². The Morgan fingerprint density at radius 2 is 2.11 bits per heavy atom. The topological polar surface area (TPSA) is 75.6 Å². The number of hydrogen-bond donors (Lipinski definition) is 2. The van der Waals surface area contributed by atoms with Crippen molar-refractivity contribution in [2.45, 2.75) is 32.1 Å². The number of aliphatic hydroxyl groups is 1. The first kappa shape index (κ1) is 13.5. The van der Waals surface area contributed by atoms with E-state index in [1.165, 1.54) is 0 Å². The molecule has 19 heavy (non-hydrogen) atoms. The van der Waals surface area contributed by atoms with Crippen LogP contribution in [0, 0.1) is 5.92 Å². The summed E-state index contributed by atoms with van der Waals surface area (Å²) in [7, 11) is 0. The van der Waals surface area contributed by atoms with E-state index in [0.29, 0.717) is 0 Å². The molecule has 2 rings (SSSR count). The van der Waals surface area contributed by atoms with Crippen LogP contribution in [0.25, 0.3) is 0 Å². The van der Waals surface area contributed by atoms with E-state index >= 15 is 0 Å². The number of hydrogen-bond acceptors (Lipinski definition) is 4. The first-order valence-corrected chi connectivity index (χ1v) is 6.26. The number of amides is 1. The Morgan fingerprint density at radius 3 is 2.68 bits per heavy atom. The molecule has 0 aromatic heterocycles. The van der Waals surface area contributed by atoms with Crippen LogP contribution in [0.2, 0.25) is 0 Å². The minimum Gasteiger partial charge on any atom is -0.461 e. The van der Waals surface area contributed by atoms with Gasteiger partial charge in [-0.3, -0.25) is 9.59 Å². The van der Waals surface area contributed by atoms with Gasteiger partial charge in [-0.2, -0.15) is 0 Å². The minimum absolute atomic E-state index is 0.0914. The molecule has 1 unspecified atom stereocenters. The predicted octanol–water partition coefficient (Wildman–Crippen LogP) is 0.615. The molecule has 1 amide bonds. The van der Waals surface area contributed by atoms with Crippen molar-refractivity contribution in [2.75, 3.05) is 0 Å². The van der Waals surface area contributed by atoms with E-state index in [1.54, 1.807) is 6.92 Å². The molecule has 102 valence electrons. The third-order valence-corrected chi connectivity index (χ3v) is 3.21. The number of β-lactam (4-membered cyclic amide) rings is 1. The van der Waals surface area contributed by atoms with Crippen molar-refractivity contribution in [1.82, 2.24) is 5.32 Å². The second-order valence-corrected chi connectivity index (χ2v) is 4.73. The number of carbonyl (C=O) groups excluding carboxylic acids is 2. The van der Waals surface area contributed by atoms with Crippen LogP contribution in [0.1, 0.15) is 18.9 Å². The number of benzene rings is 1. The summed E-state index contributed by atoms with van der Waals surface area (Å²) in [6, 6.07) is 9.06. The maximum absolute atomic E-state index is 11.6. The van der Waals surface area contributed by atoms with Crippen LogP contribution in [0.15, 0.2) is 30.3 Å². The highest BCUT2D eigenvalue weighted by Gasteiger charge is 2.43. The first-order chi connectivity index (χ1) is 9.08. The number of ether oxygens (including phenoxy) is 1. The molecule has 0 aliphatic carbocycles. The molecule has 3 atom stereocenters. The molecule has 1 fully saturated rings. The van der Waals surface area contributed by atoms with E-state index < -0.39 is 12.0 Å². The lowest BCUT2D eigenvalue weighted by atomic mass is 9.84. The summed E-state index contributed by atoms with van der Waals surface area (Å²) in [4.78, 5) is 22.9. The first-order valence-electron chi connectivity index (χ1n) is 6.26. The molecule has 1 aliphatic rings. The van der Waals surface area contributed by atoms with Crippen molar-refractivity contribution < 1.29 is 19.4 Å². The standard InChI is InChI=1S/C14H17NO4/c1-9(16)13-11(15-14(13)18)7-12(17)19-8-10-5-3-2-4-6-10/h2-6,9,11,13,16H,7-8H2,1H3,(H,15,18)/t9?,11-,13-/m1/s1. The molecule has 0 bridgehead atoms. The Bertz CT molecular complexity index is 458. The molecule has 2 N–H and O–H groups in total. The van der Waals surface area contributed by atoms with Crippen molar-refractivity contribution in [3.05, 3.63) is 35.9 Å². The van der Waals surface area contributed by atoms with Crippen LogP contribution in [0.4, 0.5) is 0 Å². The highest BCUT2D eigenvalue weighted by atomic mass is 16.5. The van der Waals surface area contributed by atoms with Gasteiger partial charge in [-0.15, -0.1) is 0 Å². The maximum Gasteiger partial charge on any atom is 0.308 e. The van der Waals surface area contributed by atoms with Crippen LogP contribution in [-0.2, 0) is 20.9 Å². The highest BCUT2D eigenvalue weighted by molar-refractivity contribution is 5.88. The van der Waals surface area contributed by atoms with E-state index in [1.807, 2.05) is 30.3 Å². The summed E-state index contributed by atoms with van der Waals surface area (Å²) < 4.78 is 5.13. The molecule has 0 spiro atoms. The summed E-state index contributed by atoms with van der Waals surface area (Å²) in [5, 5.41) is 12.0. The van der Waals surface area contributed by atoms with Crippen molar-refractivity contribution in [2.24, 2.45) is 5.92 Å². The molecule has 1 saturated heterocycles. The van der Waals surface area contributed by atoms with Crippen molar-refractivity contribution in [3.8, 4) is 0 Å². The van der Waals surface area contributed by atoms with Gasteiger partial charge in [-0.1, -0.05) is 30.3 Å². The van der Waals surface area contributed by atoms with Gasteiger partial charge in [0.15, 0.2) is 0 Å². The maximum atomic E-state index is 11.6. The zero-order valence-corrected chi connectivity index (χ0v) is 10.7. The third kappa shape index (κ3) is 3.32. The third-order valence-electron chi connectivity index (χ3n) is 3.21. The second kappa shape index (κ2) is 5.84. The summed E-state index contributed by atoms with van der Waals surface area (Å²) >= 11 is 0. The average molecular weight is 263 g/mol. The number of aliphatic hydroxyl groups excluding tert-OH is 1. The smallest absolute Gasteiger partial charge is 0.308 e. The van der Waals surface area contributed by atoms with Crippen LogP contribution in [0.3, 0.4) is 0 Å². The zero-order chi connectivity index (χ0) is 13.8. The average Bonchev–Trinajstić information content (AvgIpc) is 2.36. The number of nitrogens with one attached hydrogen (secondary N) is 1. The normalized spacial score (nSPS) is 23.2. The fraction of sp³-hybridized carbons (Fsp3) is 0.429. The Balaban J connectivity index is 1.78. The van der Waals surface area contributed by atoms with E-state index in [2.05, 4.69) is 5.32 Å². The SMILES string of the molecule is CC(O)[C@H]1C(=O)N[C@@H]1CC(=O)OCc1ccccc1. The Morgan fingerprint density at radius 1 is 1.42 bits per heavy atom. The lowest BCUT2D eigenvalue weighted by Crippen LogP contribution is -2.62. The Labute approximate surface area is 111 Å². The molecule has 1 aliphatic heterocycles. The minimum atomic E-state index is -0.749. The van der Waals surface area contributed by atoms with Crippen LogP contribution in [-0.4, -0.2) is 29.1 Å². The quantitative estimate of drug-likeness (QED) is 0.603. The van der Waals surface area contributed by atoms with Crippen molar-refractivity contribution in [3.63, 3.8) is 0 Å². The zero-order valence-electron chi connectivity index (χ0n) is 10.7. The molecular formula is C14H17NO4. The van der Waals surface area contributed by atoms with E-state index in [4.69, 9.17) is 4.74 Å². The van der Waals surface area contributed by atoms with Crippen LogP contribution >= 0.6 is 0 Å². The number of rotatable bonds is 5. The molecular weight excluding hydrogens is 246 g/mol. The fourth-order valence-electron chi connectivity index (χ4n) is 2.17. The van der Waals surface area contributed by atoms with Crippen LogP contribution in [0.5, 0.6) is 0 Å². The van der Waals surface area contributed by atoms with Gasteiger partial charge >= 0.3 is 5.97 Å². The van der Waals surface area contributed by atoms with Gasteiger partial charge in [0.2, 0.25) is 5.91 Å². The van der Waals surface area contributed by atoms with E-state index in [-0.39, 0.29) is 30.9 Å². The van der Waals surface area contributed by atoms with Gasteiger partial charge in [0, 0.05) is 0 Å². The predicted molar refractivity (Wildman–Crippen MR) is 68.0 cm³/mol. The van der Waals surface area contributed by atoms with Gasteiger partial charge in [-0.25, -0.2) is 0 Å². The second-order valence-electron chi connectivity index (χ2n) is 4.73. The monoisotopic (exact) mass is 263 g/mol. The fourth-order valence-corrected chi connectivity index (χ4v) is 2.17. The number of carbonyl (C=O) groups is 2. The van der Waals surface area contributed by atoms with E-state index in [0.717, 1.165) is 5.56 Å². The summed E-state index contributed by atoms with van der Waals surface area (Å²) in [5.74, 6) is -1.10. The van der Waals surface area contributed by atoms with Crippen molar-refractivity contribution >= 4 is 11.9 Å². The molecule has 1 aromatic carbocycles. The molecule has 1 heterocycles. The molecule has 0 radical (unpaired) electrons. The highest BCUT2D eigenvalue weighted by Crippen LogP contribution is 2.22. The summed E-state index contributed by atoms with van der Waals surface area (Å²) in [6.07, 6.45) is -0.658. The Kier molecular flexibility index (Phi) is 4.16. The van der Waals surface area contributed by atoms with Gasteiger partial charge in [0.05, 0.1) is 24.5 Å². The van der Waals surface area contributed by atoms with E-state index in [9.17, 15) is 14.7 Å². The van der Waals surface area contributed by atoms with Crippen LogP contribution < -0.4 is 5.32 Å². The summed E-state index contributed by atoms with van der Waals surface area (Å²) in [6.45, 7) is 1.77. The largest absolute Gasteiger partial charge is 0.461 e. The van der Waals surface area contributed by atoms with Gasteiger partial charge < -0.3 is 15.2 Å². The molecule has 0 saturated carbocycles. The Hall–Kier alpha value is -1.88. The number of esters is 1. The van der Waals surface area contributed by atoms with Gasteiger partial charge in [-0.05, 0) is 12.5 Å². The lowest BCUT2D eigenvalue weighted by Gasteiger charge is -2.37. The molecule has 5 heteroatoms. The van der Waals surface area contributed by atoms with Gasteiger partial charge in [0.25, 0.3) is 0 Å². The molecule has 5 nitrogen and oxygen atoms in total. The summed E-state index contributed by atoms with van der Waals surface area (Å²) in [5.41, 5.74) is 0.917.